The molecule has 0 amide bonds. The number of hydrogen-bond acceptors (Lipinski definition) is 5. The summed E-state index contributed by atoms with van der Waals surface area (Å²) in [7, 11) is 0. The number of allylic oxidation sites excluding steroid dienone is 1. The molecule has 2 fully saturated rings. The van der Waals surface area contributed by atoms with Crippen molar-refractivity contribution in [3.63, 3.8) is 0 Å². The Morgan fingerprint density at radius 2 is 2.08 bits per heavy atom. The first-order valence-corrected chi connectivity index (χ1v) is 9.23. The van der Waals surface area contributed by atoms with E-state index in [1.165, 1.54) is 30.7 Å². The van der Waals surface area contributed by atoms with Crippen LogP contribution < -0.4 is 4.90 Å². The van der Waals surface area contributed by atoms with Gasteiger partial charge in [0.1, 0.15) is 12.1 Å². The topological polar surface area (TPSA) is 41.5 Å². The summed E-state index contributed by atoms with van der Waals surface area (Å²) in [5, 5.41) is 0. The van der Waals surface area contributed by atoms with E-state index >= 15 is 0 Å². The number of morpholine rings is 1. The first kappa shape index (κ1) is 17.4. The Morgan fingerprint density at radius 3 is 2.88 bits per heavy atom. The highest BCUT2D eigenvalue weighted by molar-refractivity contribution is 5.40. The lowest BCUT2D eigenvalue weighted by Gasteiger charge is -2.33. The molecule has 0 bridgehead atoms. The van der Waals surface area contributed by atoms with Gasteiger partial charge in [0, 0.05) is 38.2 Å². The highest BCUT2D eigenvalue weighted by atomic mass is 16.5. The molecule has 0 spiro atoms. The molecule has 0 unspecified atom stereocenters. The van der Waals surface area contributed by atoms with E-state index in [0.29, 0.717) is 5.92 Å². The molecule has 1 aromatic heterocycles. The van der Waals surface area contributed by atoms with Crippen molar-refractivity contribution in [2.45, 2.75) is 39.0 Å². The number of nitrogens with zero attached hydrogens (tertiary/aromatic N) is 4. The van der Waals surface area contributed by atoms with Crippen LogP contribution in [0.1, 0.15) is 44.7 Å². The highest BCUT2D eigenvalue weighted by Crippen LogP contribution is 2.27. The van der Waals surface area contributed by atoms with E-state index in [2.05, 4.69) is 45.8 Å². The van der Waals surface area contributed by atoms with Crippen LogP contribution in [0.5, 0.6) is 0 Å². The normalized spacial score (nSPS) is 22.4. The minimum absolute atomic E-state index is 0.535. The lowest BCUT2D eigenvalue weighted by atomic mass is 9.94. The van der Waals surface area contributed by atoms with Crippen molar-refractivity contribution in [2.24, 2.45) is 0 Å². The van der Waals surface area contributed by atoms with Gasteiger partial charge in [0.15, 0.2) is 0 Å². The van der Waals surface area contributed by atoms with E-state index in [9.17, 15) is 0 Å². The van der Waals surface area contributed by atoms with Gasteiger partial charge in [0.05, 0.1) is 18.9 Å². The number of hydrogen-bond donors (Lipinski definition) is 0. The zero-order valence-corrected chi connectivity index (χ0v) is 15.1. The van der Waals surface area contributed by atoms with Gasteiger partial charge in [0.25, 0.3) is 0 Å². The maximum atomic E-state index is 5.44. The molecule has 2 saturated heterocycles. The molecule has 0 radical (unpaired) electrons. The molecule has 0 aliphatic carbocycles. The molecule has 1 aromatic rings. The Balaban J connectivity index is 1.61. The summed E-state index contributed by atoms with van der Waals surface area (Å²) >= 11 is 0. The van der Waals surface area contributed by atoms with Gasteiger partial charge in [-0.3, -0.25) is 0 Å². The maximum Gasteiger partial charge on any atom is 0.132 e. The van der Waals surface area contributed by atoms with Crippen LogP contribution >= 0.6 is 0 Å². The van der Waals surface area contributed by atoms with Gasteiger partial charge in [-0.2, -0.15) is 0 Å². The van der Waals surface area contributed by atoms with E-state index in [0.717, 1.165) is 51.6 Å². The Bertz CT molecular complexity index is 550. The van der Waals surface area contributed by atoms with Gasteiger partial charge in [-0.25, -0.2) is 9.97 Å². The third kappa shape index (κ3) is 4.77. The van der Waals surface area contributed by atoms with Crippen LogP contribution in [-0.2, 0) is 4.74 Å². The predicted octanol–water partition coefficient (Wildman–Crippen LogP) is 2.85. The molecular formula is C19H30N4O. The number of likely N-dealkylation sites (tertiary alicyclic amines) is 1. The molecule has 132 valence electrons. The first-order valence-electron chi connectivity index (χ1n) is 9.23. The molecule has 3 heterocycles. The van der Waals surface area contributed by atoms with Crippen molar-refractivity contribution in [2.75, 3.05) is 50.8 Å². The monoisotopic (exact) mass is 330 g/mol. The highest BCUT2D eigenvalue weighted by Gasteiger charge is 2.23. The van der Waals surface area contributed by atoms with Crippen LogP contribution in [0.4, 0.5) is 5.82 Å². The second-order valence-electron chi connectivity index (χ2n) is 7.11. The fourth-order valence-electron chi connectivity index (χ4n) is 3.59. The molecule has 0 saturated carbocycles. The largest absolute Gasteiger partial charge is 0.378 e. The third-order valence-corrected chi connectivity index (χ3v) is 4.93. The Labute approximate surface area is 145 Å². The lowest BCUT2D eigenvalue weighted by Crippen LogP contribution is -2.37. The number of anilines is 1. The quantitative estimate of drug-likeness (QED) is 0.777. The summed E-state index contributed by atoms with van der Waals surface area (Å²) in [4.78, 5) is 14.0. The van der Waals surface area contributed by atoms with Crippen molar-refractivity contribution >= 4 is 5.82 Å². The van der Waals surface area contributed by atoms with Gasteiger partial charge in [-0.05, 0) is 39.7 Å². The second-order valence-corrected chi connectivity index (χ2v) is 7.11. The summed E-state index contributed by atoms with van der Waals surface area (Å²) in [6.07, 6.45) is 7.72. The zero-order chi connectivity index (χ0) is 16.8. The number of rotatable bonds is 5. The molecular weight excluding hydrogens is 300 g/mol. The minimum Gasteiger partial charge on any atom is -0.378 e. The molecule has 5 heteroatoms. The molecule has 0 N–H and O–H groups in total. The van der Waals surface area contributed by atoms with Crippen LogP contribution in [0.3, 0.4) is 0 Å². The van der Waals surface area contributed by atoms with Crippen LogP contribution in [0.2, 0.25) is 0 Å². The van der Waals surface area contributed by atoms with E-state index in [-0.39, 0.29) is 0 Å². The third-order valence-electron chi connectivity index (χ3n) is 4.93. The summed E-state index contributed by atoms with van der Waals surface area (Å²) in [5.74, 6) is 1.60. The maximum absolute atomic E-state index is 5.44. The molecule has 3 rings (SSSR count). The van der Waals surface area contributed by atoms with Crippen molar-refractivity contribution in [1.29, 1.82) is 0 Å². The number of piperidine rings is 1. The SMILES string of the molecule is CC(C)=CCCN1CCC[C@H](c2cc(N3CCOCC3)ncn2)C1. The fraction of sp³-hybridized carbons (Fsp3) is 0.684. The van der Waals surface area contributed by atoms with Gasteiger partial charge in [0.2, 0.25) is 0 Å². The summed E-state index contributed by atoms with van der Waals surface area (Å²) < 4.78 is 5.44. The molecule has 2 aliphatic heterocycles. The molecule has 1 atom stereocenters. The number of aromatic nitrogens is 2. The van der Waals surface area contributed by atoms with E-state index < -0.39 is 0 Å². The molecule has 24 heavy (non-hydrogen) atoms. The Hall–Kier alpha value is -1.46. The van der Waals surface area contributed by atoms with Crippen molar-refractivity contribution in [3.8, 4) is 0 Å². The van der Waals surface area contributed by atoms with Gasteiger partial charge in [-0.15, -0.1) is 0 Å². The summed E-state index contributed by atoms with van der Waals surface area (Å²) in [6, 6.07) is 2.20. The van der Waals surface area contributed by atoms with Crippen LogP contribution in [0.25, 0.3) is 0 Å². The zero-order valence-electron chi connectivity index (χ0n) is 15.1. The average Bonchev–Trinajstić information content (AvgIpc) is 2.63. The van der Waals surface area contributed by atoms with Gasteiger partial charge >= 0.3 is 0 Å². The Kier molecular flexibility index (Phi) is 6.21. The van der Waals surface area contributed by atoms with Crippen molar-refractivity contribution < 1.29 is 4.74 Å². The van der Waals surface area contributed by atoms with Crippen LogP contribution in [0, 0.1) is 0 Å². The smallest absolute Gasteiger partial charge is 0.132 e. The first-order chi connectivity index (χ1) is 11.7. The van der Waals surface area contributed by atoms with Gasteiger partial charge in [-0.1, -0.05) is 11.6 Å². The minimum atomic E-state index is 0.535. The molecule has 2 aliphatic rings. The molecule has 0 aromatic carbocycles. The molecule has 5 nitrogen and oxygen atoms in total. The Morgan fingerprint density at radius 1 is 1.25 bits per heavy atom. The van der Waals surface area contributed by atoms with Crippen molar-refractivity contribution in [3.05, 3.63) is 29.7 Å². The lowest BCUT2D eigenvalue weighted by molar-refractivity contribution is 0.122. The summed E-state index contributed by atoms with van der Waals surface area (Å²) in [6.45, 7) is 11.3. The summed E-state index contributed by atoms with van der Waals surface area (Å²) in [5.41, 5.74) is 2.62. The standard InChI is InChI=1S/C19H30N4O/c1-16(2)5-3-7-22-8-4-6-17(14-22)18-13-19(21-15-20-18)23-9-11-24-12-10-23/h5,13,15,17H,3-4,6-12,14H2,1-2H3/t17-/m0/s1. The van der Waals surface area contributed by atoms with Crippen molar-refractivity contribution in [1.82, 2.24) is 14.9 Å². The average molecular weight is 330 g/mol. The second kappa shape index (κ2) is 8.58. The predicted molar refractivity (Wildman–Crippen MR) is 97.5 cm³/mol. The number of ether oxygens (including phenoxy) is 1. The van der Waals surface area contributed by atoms with Crippen LogP contribution in [-0.4, -0.2) is 60.8 Å². The van der Waals surface area contributed by atoms with E-state index in [1.54, 1.807) is 6.33 Å². The fourth-order valence-corrected chi connectivity index (χ4v) is 3.59. The van der Waals surface area contributed by atoms with Crippen LogP contribution in [0.15, 0.2) is 24.0 Å². The van der Waals surface area contributed by atoms with E-state index in [4.69, 9.17) is 4.74 Å². The van der Waals surface area contributed by atoms with E-state index in [1.807, 2.05) is 0 Å². The van der Waals surface area contributed by atoms with Gasteiger partial charge < -0.3 is 14.5 Å².